The molecule has 1 unspecified atom stereocenters. The highest BCUT2D eigenvalue weighted by Crippen LogP contribution is 2.41. The predicted molar refractivity (Wildman–Crippen MR) is 115 cm³/mol. The van der Waals surface area contributed by atoms with Crippen LogP contribution in [-0.4, -0.2) is 20.9 Å². The minimum Gasteiger partial charge on any atom is -0.350 e. The highest BCUT2D eigenvalue weighted by molar-refractivity contribution is 7.93. The zero-order valence-electron chi connectivity index (χ0n) is 16.6. The van der Waals surface area contributed by atoms with Gasteiger partial charge in [-0.2, -0.15) is 0 Å². The monoisotopic (exact) mass is 408 g/mol. The number of hydrogen-bond donors (Lipinski definition) is 1. The molecule has 1 heterocycles. The zero-order chi connectivity index (χ0) is 20.6. The summed E-state index contributed by atoms with van der Waals surface area (Å²) in [6.45, 7) is 4.26. The Morgan fingerprint density at radius 2 is 1.72 bits per heavy atom. The molecule has 0 aromatic heterocycles. The van der Waals surface area contributed by atoms with E-state index in [1.807, 2.05) is 62.4 Å². The largest absolute Gasteiger partial charge is 0.350 e. The molecule has 0 bridgehead atoms. The van der Waals surface area contributed by atoms with E-state index >= 15 is 0 Å². The molecule has 1 aliphatic rings. The van der Waals surface area contributed by atoms with Gasteiger partial charge < -0.3 is 5.32 Å². The summed E-state index contributed by atoms with van der Waals surface area (Å²) in [7, 11) is -3.56. The van der Waals surface area contributed by atoms with E-state index in [1.165, 1.54) is 9.87 Å². The van der Waals surface area contributed by atoms with E-state index in [9.17, 15) is 13.2 Å². The minimum absolute atomic E-state index is 0.0783. The molecule has 6 heteroatoms. The molecule has 1 atom stereocenters. The number of sulfonamides is 1. The number of anilines is 1. The first-order valence-corrected chi connectivity index (χ1v) is 11.2. The van der Waals surface area contributed by atoms with Crippen LogP contribution in [0.15, 0.2) is 65.6 Å². The second kappa shape index (κ2) is 7.52. The number of carbonyl (C=O) groups excluding carboxylic acids is 1. The molecule has 1 aliphatic heterocycles. The maximum atomic E-state index is 13.0. The average Bonchev–Trinajstić information content (AvgIpc) is 2.92. The van der Waals surface area contributed by atoms with Gasteiger partial charge in [0.2, 0.25) is 5.91 Å². The van der Waals surface area contributed by atoms with Gasteiger partial charge in [0.15, 0.2) is 0 Å². The highest BCUT2D eigenvalue weighted by Gasteiger charge is 2.35. The van der Waals surface area contributed by atoms with Gasteiger partial charge in [-0.1, -0.05) is 54.1 Å². The molecular weight excluding hydrogens is 384 g/mol. The topological polar surface area (TPSA) is 66.5 Å². The summed E-state index contributed by atoms with van der Waals surface area (Å²) in [5, 5.41) is 4.68. The van der Waals surface area contributed by atoms with E-state index in [0.717, 1.165) is 16.3 Å². The maximum absolute atomic E-state index is 13.0. The van der Waals surface area contributed by atoms with Crippen LogP contribution in [0.25, 0.3) is 10.8 Å². The Morgan fingerprint density at radius 1 is 1.03 bits per heavy atom. The molecule has 0 fully saturated rings. The van der Waals surface area contributed by atoms with Gasteiger partial charge in [-0.05, 0) is 43.4 Å². The maximum Gasteiger partial charge on any atom is 0.265 e. The molecule has 3 aromatic rings. The summed E-state index contributed by atoms with van der Waals surface area (Å²) in [6.07, 6.45) is 0.727. The summed E-state index contributed by atoms with van der Waals surface area (Å²) in [4.78, 5) is 12.7. The van der Waals surface area contributed by atoms with Gasteiger partial charge in [0.25, 0.3) is 10.0 Å². The van der Waals surface area contributed by atoms with Crippen LogP contribution >= 0.6 is 0 Å². The smallest absolute Gasteiger partial charge is 0.265 e. The number of carbonyl (C=O) groups is 1. The molecule has 3 aromatic carbocycles. The molecule has 0 saturated heterocycles. The van der Waals surface area contributed by atoms with E-state index in [4.69, 9.17) is 0 Å². The molecule has 4 rings (SSSR count). The van der Waals surface area contributed by atoms with Crippen molar-refractivity contribution in [2.75, 3.05) is 10.8 Å². The first-order chi connectivity index (χ1) is 13.9. The van der Waals surface area contributed by atoms with Crippen molar-refractivity contribution in [2.24, 2.45) is 0 Å². The molecule has 29 heavy (non-hydrogen) atoms. The van der Waals surface area contributed by atoms with Crippen molar-refractivity contribution < 1.29 is 13.2 Å². The highest BCUT2D eigenvalue weighted by atomic mass is 32.2. The molecule has 0 spiro atoms. The summed E-state index contributed by atoms with van der Waals surface area (Å²) in [5.41, 5.74) is 2.93. The quantitative estimate of drug-likeness (QED) is 0.661. The summed E-state index contributed by atoms with van der Waals surface area (Å²) >= 11 is 0. The number of amides is 1. The summed E-state index contributed by atoms with van der Waals surface area (Å²) in [6, 6.07) is 18.9. The number of benzene rings is 3. The molecule has 5 nitrogen and oxygen atoms in total. The Hall–Kier alpha value is -2.86. The SMILES string of the molecule is Cc1ccc(C(C)NC(=O)CCCN2c3cccc4cccc(c34)S2(=O)=O)cc1. The Balaban J connectivity index is 1.40. The van der Waals surface area contributed by atoms with Gasteiger partial charge in [0, 0.05) is 18.4 Å². The van der Waals surface area contributed by atoms with E-state index < -0.39 is 10.0 Å². The zero-order valence-corrected chi connectivity index (χ0v) is 17.4. The van der Waals surface area contributed by atoms with Crippen molar-refractivity contribution in [1.82, 2.24) is 5.32 Å². The van der Waals surface area contributed by atoms with Crippen molar-refractivity contribution in [3.05, 3.63) is 71.8 Å². The second-order valence-electron chi connectivity index (χ2n) is 7.51. The van der Waals surface area contributed by atoms with Crippen molar-refractivity contribution in [3.63, 3.8) is 0 Å². The molecule has 0 aliphatic carbocycles. The molecule has 150 valence electrons. The lowest BCUT2D eigenvalue weighted by Gasteiger charge is -2.19. The van der Waals surface area contributed by atoms with Gasteiger partial charge in [0.1, 0.15) is 0 Å². The molecule has 0 radical (unpaired) electrons. The Bertz CT molecular complexity index is 1170. The summed E-state index contributed by atoms with van der Waals surface area (Å²) < 4.78 is 27.3. The molecule has 1 N–H and O–H groups in total. The lowest BCUT2D eigenvalue weighted by molar-refractivity contribution is -0.121. The van der Waals surface area contributed by atoms with E-state index in [0.29, 0.717) is 17.0 Å². The van der Waals surface area contributed by atoms with Gasteiger partial charge in [-0.15, -0.1) is 0 Å². The van der Waals surface area contributed by atoms with Crippen LogP contribution in [0.3, 0.4) is 0 Å². The first kappa shape index (κ1) is 19.5. The fourth-order valence-corrected chi connectivity index (χ4v) is 5.58. The van der Waals surface area contributed by atoms with Crippen LogP contribution in [0.1, 0.15) is 36.9 Å². The van der Waals surface area contributed by atoms with Gasteiger partial charge in [-0.25, -0.2) is 8.42 Å². The third kappa shape index (κ3) is 3.60. The molecular formula is C23H24N2O3S. The van der Waals surface area contributed by atoms with E-state index in [-0.39, 0.29) is 24.9 Å². The van der Waals surface area contributed by atoms with Crippen LogP contribution in [0.2, 0.25) is 0 Å². The van der Waals surface area contributed by atoms with Crippen molar-refractivity contribution in [2.45, 2.75) is 37.6 Å². The third-order valence-electron chi connectivity index (χ3n) is 5.40. The van der Waals surface area contributed by atoms with E-state index in [1.54, 1.807) is 12.1 Å². The van der Waals surface area contributed by atoms with Crippen molar-refractivity contribution >= 4 is 32.4 Å². The molecule has 1 amide bonds. The van der Waals surface area contributed by atoms with Crippen LogP contribution in [0.5, 0.6) is 0 Å². The van der Waals surface area contributed by atoms with Gasteiger partial charge >= 0.3 is 0 Å². The van der Waals surface area contributed by atoms with Crippen molar-refractivity contribution in [3.8, 4) is 0 Å². The Kier molecular flexibility index (Phi) is 5.04. The lowest BCUT2D eigenvalue weighted by atomic mass is 10.1. The Labute approximate surface area is 171 Å². The van der Waals surface area contributed by atoms with Crippen LogP contribution < -0.4 is 9.62 Å². The van der Waals surface area contributed by atoms with Gasteiger partial charge in [0.05, 0.1) is 16.6 Å². The fourth-order valence-electron chi connectivity index (χ4n) is 3.83. The lowest BCUT2D eigenvalue weighted by Crippen LogP contribution is -2.30. The fraction of sp³-hybridized carbons (Fsp3) is 0.261. The third-order valence-corrected chi connectivity index (χ3v) is 7.26. The minimum atomic E-state index is -3.56. The van der Waals surface area contributed by atoms with Crippen LogP contribution in [-0.2, 0) is 14.8 Å². The second-order valence-corrected chi connectivity index (χ2v) is 9.34. The average molecular weight is 409 g/mol. The number of nitrogens with one attached hydrogen (secondary N) is 1. The molecule has 0 saturated carbocycles. The standard InChI is InChI=1S/C23H24N2O3S/c1-16-11-13-18(14-12-16)17(2)24-22(26)10-5-15-25-20-8-3-6-19-7-4-9-21(23(19)20)29(25,27)28/h3-4,6-9,11-14,17H,5,10,15H2,1-2H3,(H,24,26). The number of nitrogens with zero attached hydrogens (tertiary/aromatic N) is 1. The van der Waals surface area contributed by atoms with Crippen LogP contribution in [0.4, 0.5) is 5.69 Å². The first-order valence-electron chi connectivity index (χ1n) is 9.78. The summed E-state index contributed by atoms with van der Waals surface area (Å²) in [5.74, 6) is -0.0783. The van der Waals surface area contributed by atoms with Crippen LogP contribution in [0, 0.1) is 6.92 Å². The number of hydrogen-bond acceptors (Lipinski definition) is 3. The predicted octanol–water partition coefficient (Wildman–Crippen LogP) is 4.31. The number of rotatable bonds is 6. The van der Waals surface area contributed by atoms with Crippen molar-refractivity contribution in [1.29, 1.82) is 0 Å². The normalized spacial score (nSPS) is 15.4. The Morgan fingerprint density at radius 3 is 2.45 bits per heavy atom. The van der Waals surface area contributed by atoms with Gasteiger partial charge in [-0.3, -0.25) is 9.10 Å². The number of aryl methyl sites for hydroxylation is 1. The van der Waals surface area contributed by atoms with E-state index in [2.05, 4.69) is 5.32 Å².